The second-order valence-corrected chi connectivity index (χ2v) is 9.48. The zero-order valence-corrected chi connectivity index (χ0v) is 19.0. The summed E-state index contributed by atoms with van der Waals surface area (Å²) in [5.41, 5.74) is 5.05. The van der Waals surface area contributed by atoms with Gasteiger partial charge in [-0.1, -0.05) is 55.1 Å². The van der Waals surface area contributed by atoms with E-state index in [-0.39, 0.29) is 6.04 Å². The molecule has 0 saturated heterocycles. The number of aryl methyl sites for hydroxylation is 1. The van der Waals surface area contributed by atoms with Crippen LogP contribution in [0.15, 0.2) is 48.5 Å². The number of fused-ring (bicyclic) bond motifs is 3. The number of para-hydroxylation sites is 1. The summed E-state index contributed by atoms with van der Waals surface area (Å²) in [4.78, 5) is 2.43. The van der Waals surface area contributed by atoms with Gasteiger partial charge in [0.15, 0.2) is 5.82 Å². The van der Waals surface area contributed by atoms with Crippen LogP contribution in [-0.4, -0.2) is 31.3 Å². The van der Waals surface area contributed by atoms with E-state index in [1.54, 1.807) is 0 Å². The first kappa shape index (κ1) is 19.8. The van der Waals surface area contributed by atoms with Crippen LogP contribution < -0.4 is 4.90 Å². The molecule has 7 heteroatoms. The van der Waals surface area contributed by atoms with Crippen molar-refractivity contribution in [2.75, 3.05) is 11.4 Å². The molecule has 1 saturated carbocycles. The lowest BCUT2D eigenvalue weighted by Gasteiger charge is -2.38. The molecule has 2 aromatic heterocycles. The lowest BCUT2D eigenvalue weighted by Crippen LogP contribution is -2.39. The van der Waals surface area contributed by atoms with Crippen LogP contribution in [0.5, 0.6) is 0 Å². The topological polar surface area (TPSA) is 51.8 Å². The first-order valence-corrected chi connectivity index (χ1v) is 12.0. The molecule has 2 aliphatic rings. The molecule has 1 unspecified atom stereocenters. The van der Waals surface area contributed by atoms with E-state index in [1.807, 2.05) is 12.1 Å². The monoisotopic (exact) mass is 446 g/mol. The molecular weight excluding hydrogens is 420 g/mol. The quantitative estimate of drug-likeness (QED) is 0.418. The standard InChI is InChI=1S/C25H27ClN6/c1-30-22-13-6-5-12-20(22)21-14-15-31(19-11-7-8-17(26)16-19)24(23(21)30)25-27-28-29-32(25)18-9-3-2-4-10-18/h5-8,11-13,16,18,24H,2-4,9-10,14-15H2,1H3. The lowest BCUT2D eigenvalue weighted by atomic mass is 9.93. The van der Waals surface area contributed by atoms with Crippen molar-refractivity contribution in [2.24, 2.45) is 7.05 Å². The second kappa shape index (κ2) is 7.93. The number of rotatable bonds is 3. The highest BCUT2D eigenvalue weighted by Gasteiger charge is 2.38. The summed E-state index contributed by atoms with van der Waals surface area (Å²) in [6.45, 7) is 0.892. The zero-order chi connectivity index (χ0) is 21.7. The minimum absolute atomic E-state index is 0.0634. The van der Waals surface area contributed by atoms with Crippen LogP contribution in [-0.2, 0) is 13.5 Å². The van der Waals surface area contributed by atoms with Crippen LogP contribution in [0.25, 0.3) is 10.9 Å². The van der Waals surface area contributed by atoms with Gasteiger partial charge >= 0.3 is 0 Å². The SMILES string of the molecule is Cn1c2c(c3ccccc31)CCN(c1cccc(Cl)c1)C2c1nnnn1C1CCCCC1. The zero-order valence-electron chi connectivity index (χ0n) is 18.3. The highest BCUT2D eigenvalue weighted by Crippen LogP contribution is 2.43. The fourth-order valence-corrected chi connectivity index (χ4v) is 5.96. The first-order valence-electron chi connectivity index (χ1n) is 11.6. The third-order valence-electron chi connectivity index (χ3n) is 7.26. The molecule has 1 atom stereocenters. The Kier molecular flexibility index (Phi) is 4.90. The fraction of sp³-hybridized carbons (Fsp3) is 0.400. The van der Waals surface area contributed by atoms with Crippen LogP contribution in [0.3, 0.4) is 0 Å². The minimum atomic E-state index is -0.0634. The molecule has 0 spiro atoms. The maximum atomic E-state index is 6.41. The Labute approximate surface area is 192 Å². The number of benzene rings is 2. The van der Waals surface area contributed by atoms with Crippen molar-refractivity contribution in [2.45, 2.75) is 50.6 Å². The van der Waals surface area contributed by atoms with Gasteiger partial charge in [0, 0.05) is 35.2 Å². The number of aromatic nitrogens is 5. The molecule has 1 aliphatic carbocycles. The average molecular weight is 447 g/mol. The largest absolute Gasteiger partial charge is 0.356 e. The Bertz CT molecular complexity index is 1270. The van der Waals surface area contributed by atoms with E-state index in [0.717, 1.165) is 42.3 Å². The van der Waals surface area contributed by atoms with E-state index >= 15 is 0 Å². The molecule has 164 valence electrons. The molecule has 3 heterocycles. The van der Waals surface area contributed by atoms with Gasteiger partial charge < -0.3 is 9.47 Å². The van der Waals surface area contributed by atoms with Crippen molar-refractivity contribution in [1.29, 1.82) is 0 Å². The molecular formula is C25H27ClN6. The maximum Gasteiger partial charge on any atom is 0.180 e. The Hall–Kier alpha value is -2.86. The number of hydrogen-bond acceptors (Lipinski definition) is 4. The Morgan fingerprint density at radius 3 is 2.69 bits per heavy atom. The highest BCUT2D eigenvalue weighted by atomic mass is 35.5. The van der Waals surface area contributed by atoms with Crippen LogP contribution >= 0.6 is 11.6 Å². The van der Waals surface area contributed by atoms with Crippen LogP contribution in [0, 0.1) is 0 Å². The van der Waals surface area contributed by atoms with Gasteiger partial charge in [-0.2, -0.15) is 0 Å². The molecule has 0 N–H and O–H groups in total. The van der Waals surface area contributed by atoms with Crippen LogP contribution in [0.1, 0.15) is 61.3 Å². The molecule has 1 fully saturated rings. The molecule has 6 rings (SSSR count). The predicted octanol–water partition coefficient (Wildman–Crippen LogP) is 5.48. The van der Waals surface area contributed by atoms with E-state index < -0.39 is 0 Å². The molecule has 1 aliphatic heterocycles. The molecule has 32 heavy (non-hydrogen) atoms. The summed E-state index contributed by atoms with van der Waals surface area (Å²) in [5.74, 6) is 0.934. The van der Waals surface area contributed by atoms with Gasteiger partial charge in [0.25, 0.3) is 0 Å². The van der Waals surface area contributed by atoms with Crippen LogP contribution in [0.2, 0.25) is 5.02 Å². The van der Waals surface area contributed by atoms with Crippen molar-refractivity contribution in [3.63, 3.8) is 0 Å². The average Bonchev–Trinajstić information content (AvgIpc) is 3.43. The number of nitrogens with zero attached hydrogens (tertiary/aromatic N) is 6. The normalized spacial score (nSPS) is 19.4. The first-order chi connectivity index (χ1) is 15.7. The summed E-state index contributed by atoms with van der Waals surface area (Å²) in [6.07, 6.45) is 7.05. The van der Waals surface area contributed by atoms with Gasteiger partial charge in [0.1, 0.15) is 6.04 Å². The van der Waals surface area contributed by atoms with E-state index in [1.165, 1.54) is 41.4 Å². The number of hydrogen-bond donors (Lipinski definition) is 0. The minimum Gasteiger partial charge on any atom is -0.356 e. The number of tetrazole rings is 1. The van der Waals surface area contributed by atoms with E-state index in [2.05, 4.69) is 73.1 Å². The van der Waals surface area contributed by atoms with E-state index in [9.17, 15) is 0 Å². The number of halogens is 1. The maximum absolute atomic E-state index is 6.41. The molecule has 2 aromatic carbocycles. The summed E-state index contributed by atoms with van der Waals surface area (Å²) < 4.78 is 4.46. The fourth-order valence-electron chi connectivity index (χ4n) is 5.77. The third kappa shape index (κ3) is 3.12. The van der Waals surface area contributed by atoms with Gasteiger partial charge in [-0.25, -0.2) is 4.68 Å². The van der Waals surface area contributed by atoms with Gasteiger partial charge in [-0.15, -0.1) is 5.10 Å². The molecule has 6 nitrogen and oxygen atoms in total. The third-order valence-corrected chi connectivity index (χ3v) is 7.49. The van der Waals surface area contributed by atoms with Crippen molar-refractivity contribution in [3.05, 3.63) is 70.6 Å². The second-order valence-electron chi connectivity index (χ2n) is 9.04. The van der Waals surface area contributed by atoms with E-state index in [0.29, 0.717) is 6.04 Å². The predicted molar refractivity (Wildman–Crippen MR) is 127 cm³/mol. The van der Waals surface area contributed by atoms with Crippen molar-refractivity contribution >= 4 is 28.2 Å². The summed E-state index contributed by atoms with van der Waals surface area (Å²) in [7, 11) is 2.17. The summed E-state index contributed by atoms with van der Waals surface area (Å²) in [6, 6.07) is 17.1. The Morgan fingerprint density at radius 2 is 1.84 bits per heavy atom. The summed E-state index contributed by atoms with van der Waals surface area (Å²) in [5, 5.41) is 15.4. The van der Waals surface area contributed by atoms with Gasteiger partial charge in [0.05, 0.1) is 11.7 Å². The van der Waals surface area contributed by atoms with Crippen molar-refractivity contribution < 1.29 is 0 Å². The molecule has 0 radical (unpaired) electrons. The smallest absolute Gasteiger partial charge is 0.180 e. The van der Waals surface area contributed by atoms with Crippen molar-refractivity contribution in [3.8, 4) is 0 Å². The molecule has 0 amide bonds. The summed E-state index contributed by atoms with van der Waals surface area (Å²) >= 11 is 6.41. The lowest BCUT2D eigenvalue weighted by molar-refractivity contribution is 0.312. The van der Waals surface area contributed by atoms with Gasteiger partial charge in [0.2, 0.25) is 0 Å². The Morgan fingerprint density at radius 1 is 1.00 bits per heavy atom. The molecule has 0 bridgehead atoms. The van der Waals surface area contributed by atoms with Gasteiger partial charge in [-0.3, -0.25) is 0 Å². The Balaban J connectivity index is 1.56. The van der Waals surface area contributed by atoms with Gasteiger partial charge in [-0.05, 0) is 59.5 Å². The van der Waals surface area contributed by atoms with E-state index in [4.69, 9.17) is 11.6 Å². The highest BCUT2D eigenvalue weighted by molar-refractivity contribution is 6.30. The van der Waals surface area contributed by atoms with Crippen LogP contribution in [0.4, 0.5) is 5.69 Å². The molecule has 4 aromatic rings. The van der Waals surface area contributed by atoms with Crippen molar-refractivity contribution in [1.82, 2.24) is 24.8 Å². The number of anilines is 1.